The van der Waals surface area contributed by atoms with Crippen molar-refractivity contribution in [3.05, 3.63) is 24.3 Å². The van der Waals surface area contributed by atoms with Crippen LogP contribution in [0.4, 0.5) is 30.8 Å². The molecule has 0 saturated carbocycles. The topological polar surface area (TPSA) is 114 Å². The molecule has 4 N–H and O–H groups in total. The predicted octanol–water partition coefficient (Wildman–Crippen LogP) is 1.42. The minimum Gasteiger partial charge on any atom is -0.368 e. The molecule has 11 heteroatoms. The molecule has 0 radical (unpaired) electrons. The Kier molecular flexibility index (Phi) is 3.29. The third-order valence-corrected chi connectivity index (χ3v) is 3.69. The van der Waals surface area contributed by atoms with Crippen LogP contribution in [0.5, 0.6) is 0 Å². The van der Waals surface area contributed by atoms with Crippen LogP contribution < -0.4 is 11.1 Å². The van der Waals surface area contributed by atoms with E-state index in [1.165, 1.54) is 6.07 Å². The Morgan fingerprint density at radius 3 is 2.55 bits per heavy atom. The lowest BCUT2D eigenvalue weighted by atomic mass is 10.3. The van der Waals surface area contributed by atoms with E-state index in [1.54, 1.807) is 0 Å². The highest BCUT2D eigenvalue weighted by Gasteiger charge is 2.46. The van der Waals surface area contributed by atoms with E-state index in [0.717, 1.165) is 18.2 Å². The fourth-order valence-corrected chi connectivity index (χ4v) is 2.14. The number of nitrogens with two attached hydrogens (primary N) is 1. The van der Waals surface area contributed by atoms with Crippen molar-refractivity contribution in [3.8, 4) is 0 Å². The second-order valence-corrected chi connectivity index (χ2v) is 5.59. The summed E-state index contributed by atoms with van der Waals surface area (Å²) in [5, 5.41) is 8.45. The van der Waals surface area contributed by atoms with Crippen LogP contribution >= 0.6 is 0 Å². The number of benzene rings is 1. The standard InChI is InChI=1S/C9H8F3N5O2S/c10-9(11,12)20(18,19)6-3-1-2-5(4-6)14-8-15-7(13)16-17-8/h1-4H,(H4,13,14,15,16,17). The highest BCUT2D eigenvalue weighted by atomic mass is 32.2. The molecule has 0 spiro atoms. The monoisotopic (exact) mass is 307 g/mol. The molecular weight excluding hydrogens is 299 g/mol. The summed E-state index contributed by atoms with van der Waals surface area (Å²) in [4.78, 5) is 2.80. The van der Waals surface area contributed by atoms with Crippen molar-refractivity contribution in [2.45, 2.75) is 10.4 Å². The largest absolute Gasteiger partial charge is 0.501 e. The molecule has 20 heavy (non-hydrogen) atoms. The van der Waals surface area contributed by atoms with Crippen LogP contribution in [0, 0.1) is 0 Å². The lowest BCUT2D eigenvalue weighted by molar-refractivity contribution is -0.0435. The number of hydrogen-bond acceptors (Lipinski definition) is 6. The summed E-state index contributed by atoms with van der Waals surface area (Å²) in [6, 6.07) is 4.20. The molecule has 0 saturated heterocycles. The summed E-state index contributed by atoms with van der Waals surface area (Å²) in [7, 11) is -5.40. The molecule has 108 valence electrons. The number of rotatable bonds is 3. The maximum absolute atomic E-state index is 12.4. The number of nitrogen functional groups attached to an aromatic ring is 1. The van der Waals surface area contributed by atoms with Gasteiger partial charge in [-0.15, -0.1) is 5.10 Å². The molecule has 0 fully saturated rings. The lowest BCUT2D eigenvalue weighted by Gasteiger charge is -2.09. The van der Waals surface area contributed by atoms with E-state index in [-0.39, 0.29) is 17.6 Å². The molecule has 1 heterocycles. The molecule has 1 aromatic carbocycles. The van der Waals surface area contributed by atoms with Crippen molar-refractivity contribution in [3.63, 3.8) is 0 Å². The zero-order chi connectivity index (χ0) is 15.0. The zero-order valence-electron chi connectivity index (χ0n) is 9.64. The molecule has 0 unspecified atom stereocenters. The van der Waals surface area contributed by atoms with Gasteiger partial charge in [-0.25, -0.2) is 13.5 Å². The number of sulfone groups is 1. The number of anilines is 3. The van der Waals surface area contributed by atoms with Gasteiger partial charge >= 0.3 is 5.51 Å². The molecule has 0 aliphatic rings. The van der Waals surface area contributed by atoms with Crippen molar-refractivity contribution < 1.29 is 21.6 Å². The van der Waals surface area contributed by atoms with E-state index < -0.39 is 20.2 Å². The molecule has 0 amide bonds. The second kappa shape index (κ2) is 4.67. The van der Waals surface area contributed by atoms with Gasteiger partial charge in [0.15, 0.2) is 0 Å². The minimum absolute atomic E-state index is 0.00376. The Labute approximate surface area is 110 Å². The summed E-state index contributed by atoms with van der Waals surface area (Å²) in [5.74, 6) is 0.00984. The van der Waals surface area contributed by atoms with E-state index >= 15 is 0 Å². The van der Waals surface area contributed by atoms with Gasteiger partial charge in [-0.2, -0.15) is 18.2 Å². The third kappa shape index (κ3) is 2.66. The van der Waals surface area contributed by atoms with Crippen LogP contribution in [0.2, 0.25) is 0 Å². The highest BCUT2D eigenvalue weighted by Crippen LogP contribution is 2.31. The highest BCUT2D eigenvalue weighted by molar-refractivity contribution is 7.92. The summed E-state index contributed by atoms with van der Waals surface area (Å²) in [5.41, 5.74) is -0.00772. The molecule has 1 aromatic heterocycles. The number of nitrogens with zero attached hydrogens (tertiary/aromatic N) is 2. The first-order valence-corrected chi connectivity index (χ1v) is 6.55. The molecule has 0 atom stereocenters. The number of aromatic nitrogens is 3. The van der Waals surface area contributed by atoms with Gasteiger partial charge < -0.3 is 11.1 Å². The Morgan fingerprint density at radius 1 is 1.30 bits per heavy atom. The van der Waals surface area contributed by atoms with Crippen LogP contribution in [0.15, 0.2) is 29.2 Å². The van der Waals surface area contributed by atoms with Gasteiger partial charge in [-0.05, 0) is 18.2 Å². The SMILES string of the molecule is Nc1nc(Nc2cccc(S(=O)(=O)C(F)(F)F)c2)n[nH]1. The molecule has 2 aromatic rings. The summed E-state index contributed by atoms with van der Waals surface area (Å²) in [6.45, 7) is 0. The summed E-state index contributed by atoms with van der Waals surface area (Å²) >= 11 is 0. The maximum Gasteiger partial charge on any atom is 0.501 e. The molecule has 0 aliphatic heterocycles. The number of alkyl halides is 3. The molecule has 7 nitrogen and oxygen atoms in total. The first kappa shape index (κ1) is 14.1. The normalized spacial score (nSPS) is 12.3. The van der Waals surface area contributed by atoms with Crippen molar-refractivity contribution >= 4 is 27.4 Å². The molecular formula is C9H8F3N5O2S. The van der Waals surface area contributed by atoms with Crippen LogP contribution in [0.25, 0.3) is 0 Å². The van der Waals surface area contributed by atoms with E-state index in [4.69, 9.17) is 5.73 Å². The number of H-pyrrole nitrogens is 1. The number of nitrogens with one attached hydrogen (secondary N) is 2. The van der Waals surface area contributed by atoms with Crippen LogP contribution in [0.3, 0.4) is 0 Å². The fraction of sp³-hybridized carbons (Fsp3) is 0.111. The Balaban J connectivity index is 2.34. The number of halogens is 3. The van der Waals surface area contributed by atoms with Crippen molar-refractivity contribution in [1.29, 1.82) is 0 Å². The number of aromatic amines is 1. The van der Waals surface area contributed by atoms with Crippen LogP contribution in [-0.2, 0) is 9.84 Å². The zero-order valence-corrected chi connectivity index (χ0v) is 10.5. The number of hydrogen-bond donors (Lipinski definition) is 3. The van der Waals surface area contributed by atoms with E-state index in [2.05, 4.69) is 20.5 Å². The fourth-order valence-electron chi connectivity index (χ4n) is 1.33. The maximum atomic E-state index is 12.4. The molecule has 0 bridgehead atoms. The van der Waals surface area contributed by atoms with Gasteiger partial charge in [0.25, 0.3) is 9.84 Å². The van der Waals surface area contributed by atoms with Gasteiger partial charge in [0.1, 0.15) is 0 Å². The quantitative estimate of drug-likeness (QED) is 0.790. The summed E-state index contributed by atoms with van der Waals surface area (Å²) < 4.78 is 59.8. The Bertz CT molecular complexity index is 725. The van der Waals surface area contributed by atoms with Crippen molar-refractivity contribution in [2.24, 2.45) is 0 Å². The minimum atomic E-state index is -5.40. The molecule has 0 aliphatic carbocycles. The smallest absolute Gasteiger partial charge is 0.368 e. The van der Waals surface area contributed by atoms with Crippen molar-refractivity contribution in [1.82, 2.24) is 15.2 Å². The predicted molar refractivity (Wildman–Crippen MR) is 63.8 cm³/mol. The third-order valence-electron chi connectivity index (χ3n) is 2.21. The van der Waals surface area contributed by atoms with Gasteiger partial charge in [0.2, 0.25) is 11.9 Å². The van der Waals surface area contributed by atoms with E-state index in [0.29, 0.717) is 0 Å². The average molecular weight is 307 g/mol. The second-order valence-electron chi connectivity index (χ2n) is 3.65. The van der Waals surface area contributed by atoms with Gasteiger partial charge in [0.05, 0.1) is 4.90 Å². The van der Waals surface area contributed by atoms with Gasteiger partial charge in [-0.3, -0.25) is 0 Å². The lowest BCUT2D eigenvalue weighted by Crippen LogP contribution is -2.23. The Hall–Kier alpha value is -2.30. The van der Waals surface area contributed by atoms with Crippen LogP contribution in [0.1, 0.15) is 0 Å². The Morgan fingerprint density at radius 2 is 2.00 bits per heavy atom. The van der Waals surface area contributed by atoms with Gasteiger partial charge in [-0.1, -0.05) is 6.07 Å². The first-order valence-electron chi connectivity index (χ1n) is 5.06. The molecule has 2 rings (SSSR count). The van der Waals surface area contributed by atoms with E-state index in [1.807, 2.05) is 0 Å². The first-order chi connectivity index (χ1) is 9.20. The van der Waals surface area contributed by atoms with E-state index in [9.17, 15) is 21.6 Å². The van der Waals surface area contributed by atoms with Crippen molar-refractivity contribution in [2.75, 3.05) is 11.1 Å². The summed E-state index contributed by atoms with van der Waals surface area (Å²) in [6.07, 6.45) is 0. The van der Waals surface area contributed by atoms with Gasteiger partial charge in [0, 0.05) is 5.69 Å². The van der Waals surface area contributed by atoms with Crippen LogP contribution in [-0.4, -0.2) is 29.1 Å². The average Bonchev–Trinajstić information content (AvgIpc) is 2.73.